The number of amides is 1. The highest BCUT2D eigenvalue weighted by Crippen LogP contribution is 2.40. The lowest BCUT2D eigenvalue weighted by atomic mass is 9.94. The van der Waals surface area contributed by atoms with E-state index in [1.165, 1.54) is 12.1 Å². The molecule has 2 aliphatic heterocycles. The molecule has 39 heavy (non-hydrogen) atoms. The second-order valence-corrected chi connectivity index (χ2v) is 12.9. The lowest BCUT2D eigenvalue weighted by molar-refractivity contribution is 0.0143. The Morgan fingerprint density at radius 2 is 2.05 bits per heavy atom. The maximum atomic E-state index is 15.2. The summed E-state index contributed by atoms with van der Waals surface area (Å²) in [5.41, 5.74) is 1.63. The zero-order valence-corrected chi connectivity index (χ0v) is 23.4. The molecular weight excluding hydrogens is 525 g/mol. The minimum absolute atomic E-state index is 0.0986. The van der Waals surface area contributed by atoms with Crippen molar-refractivity contribution < 1.29 is 31.8 Å². The van der Waals surface area contributed by atoms with Gasteiger partial charge < -0.3 is 19.1 Å². The molecule has 0 bridgehead atoms. The molecule has 0 aromatic heterocycles. The van der Waals surface area contributed by atoms with Crippen LogP contribution < -0.4 is 10.1 Å². The van der Waals surface area contributed by atoms with Crippen LogP contribution >= 0.6 is 0 Å². The Morgan fingerprint density at radius 1 is 1.28 bits per heavy atom. The van der Waals surface area contributed by atoms with Crippen LogP contribution in [0.1, 0.15) is 38.3 Å². The van der Waals surface area contributed by atoms with Gasteiger partial charge in [0.15, 0.2) is 9.84 Å². The predicted octanol–water partition coefficient (Wildman–Crippen LogP) is 3.84. The monoisotopic (exact) mass is 559 g/mol. The molecule has 2 aromatic rings. The minimum Gasteiger partial charge on any atom is -0.488 e. The third-order valence-corrected chi connectivity index (χ3v) is 7.61. The number of ether oxygens (including phenoxy) is 3. The van der Waals surface area contributed by atoms with Crippen molar-refractivity contribution in [2.24, 2.45) is 0 Å². The fraction of sp³-hybridized carbons (Fsp3) is 0.500. The van der Waals surface area contributed by atoms with E-state index < -0.39 is 33.4 Å². The smallest absolute Gasteiger partial charge is 0.410 e. The fourth-order valence-electron chi connectivity index (χ4n) is 4.59. The summed E-state index contributed by atoms with van der Waals surface area (Å²) in [6, 6.07) is 9.16. The molecular formula is C28H34FN3O6S. The minimum atomic E-state index is -3.38. The highest BCUT2D eigenvalue weighted by molar-refractivity contribution is 7.90. The molecule has 2 aromatic carbocycles. The molecule has 1 amide bonds. The maximum absolute atomic E-state index is 15.2. The first-order chi connectivity index (χ1) is 18.3. The molecule has 4 rings (SSSR count). The molecule has 9 nitrogen and oxygen atoms in total. The van der Waals surface area contributed by atoms with Crippen LogP contribution in [0.3, 0.4) is 0 Å². The number of sulfone groups is 1. The molecule has 2 heterocycles. The van der Waals surface area contributed by atoms with Gasteiger partial charge in [-0.3, -0.25) is 5.32 Å². The summed E-state index contributed by atoms with van der Waals surface area (Å²) in [5.74, 6) is -0.0101. The van der Waals surface area contributed by atoms with Crippen LogP contribution in [-0.2, 0) is 32.3 Å². The van der Waals surface area contributed by atoms with Crippen LogP contribution in [0.5, 0.6) is 5.75 Å². The summed E-state index contributed by atoms with van der Waals surface area (Å²) in [4.78, 5) is 14.3. The molecule has 2 unspecified atom stereocenters. The van der Waals surface area contributed by atoms with E-state index in [9.17, 15) is 18.5 Å². The third kappa shape index (κ3) is 7.26. The molecule has 0 radical (unpaired) electrons. The van der Waals surface area contributed by atoms with Crippen LogP contribution in [-0.4, -0.2) is 69.7 Å². The van der Waals surface area contributed by atoms with E-state index in [-0.39, 0.29) is 24.0 Å². The van der Waals surface area contributed by atoms with Crippen LogP contribution in [0.15, 0.2) is 35.2 Å². The number of carbonyl (C=O) groups excluding carboxylic acids is 1. The Balaban J connectivity index is 1.43. The van der Waals surface area contributed by atoms with Crippen molar-refractivity contribution in [2.75, 3.05) is 32.5 Å². The number of carbonyl (C=O) groups is 1. The molecule has 1 saturated heterocycles. The van der Waals surface area contributed by atoms with Gasteiger partial charge in [-0.25, -0.2) is 17.6 Å². The van der Waals surface area contributed by atoms with E-state index in [0.29, 0.717) is 60.7 Å². The largest absolute Gasteiger partial charge is 0.488 e. The van der Waals surface area contributed by atoms with Gasteiger partial charge in [-0.2, -0.15) is 5.26 Å². The molecule has 1 fully saturated rings. The second-order valence-electron chi connectivity index (χ2n) is 10.9. The molecule has 1 N–H and O–H groups in total. The van der Waals surface area contributed by atoms with Crippen LogP contribution in [0, 0.1) is 17.1 Å². The number of fused-ring (bicyclic) bond motifs is 3. The van der Waals surface area contributed by atoms with Crippen molar-refractivity contribution in [3.8, 4) is 22.9 Å². The summed E-state index contributed by atoms with van der Waals surface area (Å²) in [6.45, 7) is 7.22. The van der Waals surface area contributed by atoms with Crippen molar-refractivity contribution in [1.29, 1.82) is 5.26 Å². The standard InChI is InChI=1S/C28H34FN3O6S/c1-28(2,3)38-27(33)32-8-5-9-36-21(16-32)15-31-20(14-30)10-18-12-26-24(13-25(18)29)23-7-6-22(39(4,34)35)11-19(23)17-37-26/h6-7,11-13,20-21,31H,5,8-10,15-17H2,1-4H3. The Morgan fingerprint density at radius 3 is 2.74 bits per heavy atom. The van der Waals surface area contributed by atoms with Crippen molar-refractivity contribution in [1.82, 2.24) is 10.2 Å². The number of hydrogen-bond acceptors (Lipinski definition) is 8. The van der Waals surface area contributed by atoms with Gasteiger partial charge >= 0.3 is 6.09 Å². The fourth-order valence-corrected chi connectivity index (χ4v) is 5.26. The zero-order chi connectivity index (χ0) is 28.4. The first kappa shape index (κ1) is 28.8. The van der Waals surface area contributed by atoms with Crippen LogP contribution in [0.2, 0.25) is 0 Å². The average molecular weight is 560 g/mol. The summed E-state index contributed by atoms with van der Waals surface area (Å²) in [6.07, 6.45) is 1.16. The van der Waals surface area contributed by atoms with Crippen molar-refractivity contribution in [3.63, 3.8) is 0 Å². The third-order valence-electron chi connectivity index (χ3n) is 6.50. The van der Waals surface area contributed by atoms with Gasteiger partial charge in [-0.15, -0.1) is 0 Å². The highest BCUT2D eigenvalue weighted by atomic mass is 32.2. The Labute approximate surface area is 228 Å². The lowest BCUT2D eigenvalue weighted by Gasteiger charge is -2.28. The Kier molecular flexibility index (Phi) is 8.49. The summed E-state index contributed by atoms with van der Waals surface area (Å²) >= 11 is 0. The van der Waals surface area contributed by atoms with Crippen LogP contribution in [0.25, 0.3) is 11.1 Å². The van der Waals surface area contributed by atoms with E-state index in [2.05, 4.69) is 11.4 Å². The van der Waals surface area contributed by atoms with E-state index in [0.717, 1.165) is 6.26 Å². The summed E-state index contributed by atoms with van der Waals surface area (Å²) in [7, 11) is -3.38. The second kappa shape index (κ2) is 11.5. The normalized spacial score (nSPS) is 18.2. The quantitative estimate of drug-likeness (QED) is 0.567. The molecule has 2 atom stereocenters. The van der Waals surface area contributed by atoms with Gasteiger partial charge in [0.2, 0.25) is 0 Å². The molecule has 0 aliphatic carbocycles. The molecule has 210 valence electrons. The van der Waals surface area contributed by atoms with Gasteiger partial charge in [0.05, 0.1) is 29.7 Å². The number of rotatable bonds is 6. The number of hydrogen-bond donors (Lipinski definition) is 1. The van der Waals surface area contributed by atoms with Crippen molar-refractivity contribution in [3.05, 3.63) is 47.3 Å². The van der Waals surface area contributed by atoms with Crippen molar-refractivity contribution in [2.45, 2.75) is 62.9 Å². The van der Waals surface area contributed by atoms with Gasteiger partial charge in [0.1, 0.15) is 23.8 Å². The molecule has 11 heteroatoms. The first-order valence-corrected chi connectivity index (χ1v) is 14.7. The highest BCUT2D eigenvalue weighted by Gasteiger charge is 2.28. The summed E-state index contributed by atoms with van der Waals surface area (Å²) < 4.78 is 56.2. The Hall–Kier alpha value is -3.20. The number of nitriles is 1. The molecule has 0 saturated carbocycles. The van der Waals surface area contributed by atoms with Crippen molar-refractivity contribution >= 4 is 15.9 Å². The maximum Gasteiger partial charge on any atom is 0.410 e. The summed E-state index contributed by atoms with van der Waals surface area (Å²) in [5, 5.41) is 12.9. The first-order valence-electron chi connectivity index (χ1n) is 12.8. The van der Waals surface area contributed by atoms with E-state index >= 15 is 4.39 Å². The number of benzene rings is 2. The molecule has 0 spiro atoms. The van der Waals surface area contributed by atoms with E-state index in [1.54, 1.807) is 23.1 Å². The zero-order valence-electron chi connectivity index (χ0n) is 22.6. The predicted molar refractivity (Wildman–Crippen MR) is 143 cm³/mol. The molecule has 2 aliphatic rings. The number of nitrogens with one attached hydrogen (secondary N) is 1. The van der Waals surface area contributed by atoms with Gasteiger partial charge in [-0.1, -0.05) is 6.07 Å². The van der Waals surface area contributed by atoms with E-state index in [4.69, 9.17) is 14.2 Å². The van der Waals surface area contributed by atoms with E-state index in [1.807, 2.05) is 20.8 Å². The van der Waals surface area contributed by atoms with Gasteiger partial charge in [-0.05, 0) is 68.1 Å². The number of halogens is 1. The van der Waals surface area contributed by atoms with Crippen LogP contribution in [0.4, 0.5) is 9.18 Å². The lowest BCUT2D eigenvalue weighted by Crippen LogP contribution is -2.45. The van der Waals surface area contributed by atoms with Gasteiger partial charge in [0.25, 0.3) is 0 Å². The topological polar surface area (TPSA) is 118 Å². The average Bonchev–Trinajstić information content (AvgIpc) is 3.11. The SMILES string of the molecule is CC(C)(C)OC(=O)N1CCCOC(CNC(C#N)Cc2cc3c(cc2F)-c2ccc(S(C)(=O)=O)cc2CO3)C1. The number of nitrogens with zero attached hydrogens (tertiary/aromatic N) is 2. The Bertz CT molecular complexity index is 1380. The van der Waals surface area contributed by atoms with Gasteiger partial charge in [0, 0.05) is 37.9 Å².